The quantitative estimate of drug-likeness (QED) is 0.651. The van der Waals surface area contributed by atoms with Crippen molar-refractivity contribution in [2.45, 2.75) is 31.8 Å². The van der Waals surface area contributed by atoms with Gasteiger partial charge in [0.1, 0.15) is 12.7 Å². The van der Waals surface area contributed by atoms with Crippen LogP contribution in [0.3, 0.4) is 0 Å². The molecule has 1 aromatic carbocycles. The van der Waals surface area contributed by atoms with Crippen molar-refractivity contribution in [3.63, 3.8) is 0 Å². The number of likely N-dealkylation sites (N-methyl/N-ethyl adjacent to an activating group) is 1. The lowest BCUT2D eigenvalue weighted by Gasteiger charge is -2.37. The number of benzene rings is 1. The van der Waals surface area contributed by atoms with E-state index in [0.29, 0.717) is 30.5 Å². The van der Waals surface area contributed by atoms with Crippen LogP contribution in [0.25, 0.3) is 10.9 Å². The van der Waals surface area contributed by atoms with E-state index in [2.05, 4.69) is 15.3 Å². The molecule has 30 heavy (non-hydrogen) atoms. The van der Waals surface area contributed by atoms with Gasteiger partial charge in [-0.1, -0.05) is 11.6 Å². The number of aromatic nitrogens is 2. The number of piperidine rings is 1. The van der Waals surface area contributed by atoms with Gasteiger partial charge in [0.05, 0.1) is 18.8 Å². The lowest BCUT2D eigenvalue weighted by Crippen LogP contribution is -2.52. The summed E-state index contributed by atoms with van der Waals surface area (Å²) in [7, 11) is 1.77. The minimum absolute atomic E-state index is 0.0335. The summed E-state index contributed by atoms with van der Waals surface area (Å²) in [5.74, 6) is 0.375. The molecule has 3 heterocycles. The lowest BCUT2D eigenvalue weighted by atomic mass is 10.0. The van der Waals surface area contributed by atoms with Gasteiger partial charge in [0.15, 0.2) is 0 Å². The van der Waals surface area contributed by atoms with E-state index < -0.39 is 0 Å². The number of H-pyrrole nitrogens is 1. The van der Waals surface area contributed by atoms with Crippen molar-refractivity contribution in [1.29, 1.82) is 0 Å². The molecule has 0 aliphatic carbocycles. The molecule has 0 unspecified atom stereocenters. The Hall–Kier alpha value is -3.00. The Balaban J connectivity index is 1.31. The van der Waals surface area contributed by atoms with Crippen molar-refractivity contribution in [3.05, 3.63) is 53.3 Å². The maximum absolute atomic E-state index is 12.7. The van der Waals surface area contributed by atoms with Crippen LogP contribution in [0.4, 0.5) is 4.79 Å². The smallest absolute Gasteiger partial charge is 0.317 e. The number of rotatable bonds is 5. The van der Waals surface area contributed by atoms with Crippen LogP contribution in [0.5, 0.6) is 0 Å². The SMILES string of the molecule is CN(C(=O)NCc1cc2cc(Cl)ccc2[nH]1)[C@@H]1CCCN(C(=O)Cc2ncco2)C1. The second-order valence-electron chi connectivity index (χ2n) is 7.53. The number of nitrogens with zero attached hydrogens (tertiary/aromatic N) is 3. The fourth-order valence-electron chi connectivity index (χ4n) is 3.80. The van der Waals surface area contributed by atoms with Gasteiger partial charge in [-0.15, -0.1) is 0 Å². The Kier molecular flexibility index (Phi) is 5.94. The number of fused-ring (bicyclic) bond motifs is 1. The standard InChI is InChI=1S/C21H24ClN5O3/c1-26(17-3-2-7-27(13-17)20(28)11-19-23-6-8-30-19)21(29)24-12-16-10-14-9-15(22)4-5-18(14)25-16/h4-6,8-10,17,25H,2-3,7,11-13H2,1H3,(H,24,29)/t17-/m1/s1. The monoisotopic (exact) mass is 429 g/mol. The fourth-order valence-corrected chi connectivity index (χ4v) is 3.98. The minimum atomic E-state index is -0.168. The second kappa shape index (κ2) is 8.79. The molecule has 1 fully saturated rings. The predicted molar refractivity (Wildman–Crippen MR) is 113 cm³/mol. The molecule has 0 saturated carbocycles. The highest BCUT2D eigenvalue weighted by Gasteiger charge is 2.29. The average Bonchev–Trinajstić information content (AvgIpc) is 3.40. The van der Waals surface area contributed by atoms with Crippen LogP contribution in [-0.2, 0) is 17.8 Å². The summed E-state index contributed by atoms with van der Waals surface area (Å²) in [6, 6.07) is 7.41. The Morgan fingerprint density at radius 2 is 2.27 bits per heavy atom. The zero-order valence-electron chi connectivity index (χ0n) is 16.7. The molecule has 0 spiro atoms. The third-order valence-corrected chi connectivity index (χ3v) is 5.71. The van der Waals surface area contributed by atoms with E-state index in [9.17, 15) is 9.59 Å². The van der Waals surface area contributed by atoms with E-state index in [1.165, 1.54) is 12.5 Å². The van der Waals surface area contributed by atoms with Gasteiger partial charge in [0, 0.05) is 41.8 Å². The summed E-state index contributed by atoms with van der Waals surface area (Å²) in [5, 5.41) is 4.63. The normalized spacial score (nSPS) is 16.6. The van der Waals surface area contributed by atoms with Crippen molar-refractivity contribution in [1.82, 2.24) is 25.1 Å². The Labute approximate surface area is 179 Å². The molecule has 158 valence electrons. The third-order valence-electron chi connectivity index (χ3n) is 5.47. The van der Waals surface area contributed by atoms with Gasteiger partial charge in [-0.05, 0) is 37.1 Å². The number of likely N-dealkylation sites (tertiary alicyclic amines) is 1. The molecule has 1 saturated heterocycles. The number of amides is 3. The minimum Gasteiger partial charge on any atom is -0.448 e. The largest absolute Gasteiger partial charge is 0.448 e. The molecule has 2 aromatic heterocycles. The second-order valence-corrected chi connectivity index (χ2v) is 7.97. The van der Waals surface area contributed by atoms with E-state index in [0.717, 1.165) is 29.4 Å². The molecule has 0 bridgehead atoms. The predicted octanol–water partition coefficient (Wildman–Crippen LogP) is 3.18. The molecule has 8 nitrogen and oxygen atoms in total. The van der Waals surface area contributed by atoms with Crippen molar-refractivity contribution in [2.75, 3.05) is 20.1 Å². The van der Waals surface area contributed by atoms with Crippen molar-refractivity contribution in [3.8, 4) is 0 Å². The van der Waals surface area contributed by atoms with Crippen molar-refractivity contribution in [2.24, 2.45) is 0 Å². The molecule has 1 aliphatic heterocycles. The molecule has 3 amide bonds. The van der Waals surface area contributed by atoms with E-state index in [4.69, 9.17) is 16.0 Å². The number of halogens is 1. The summed E-state index contributed by atoms with van der Waals surface area (Å²) >= 11 is 6.03. The van der Waals surface area contributed by atoms with Gasteiger partial charge in [-0.2, -0.15) is 0 Å². The number of carbonyl (C=O) groups is 2. The van der Waals surface area contributed by atoms with E-state index >= 15 is 0 Å². The van der Waals surface area contributed by atoms with Gasteiger partial charge >= 0.3 is 6.03 Å². The molecule has 1 atom stereocenters. The number of carbonyl (C=O) groups excluding carboxylic acids is 2. The Bertz CT molecular complexity index is 1030. The molecule has 4 rings (SSSR count). The number of nitrogens with one attached hydrogen (secondary N) is 2. The lowest BCUT2D eigenvalue weighted by molar-refractivity contribution is -0.132. The number of urea groups is 1. The number of aromatic amines is 1. The topological polar surface area (TPSA) is 94.5 Å². The van der Waals surface area contributed by atoms with Crippen molar-refractivity contribution >= 4 is 34.4 Å². The van der Waals surface area contributed by atoms with Gasteiger partial charge in [0.25, 0.3) is 0 Å². The molecule has 1 aliphatic rings. The first-order chi connectivity index (χ1) is 14.5. The fraction of sp³-hybridized carbons (Fsp3) is 0.381. The molecular formula is C21H24ClN5O3. The maximum atomic E-state index is 12.7. The zero-order chi connectivity index (χ0) is 21.1. The molecule has 2 N–H and O–H groups in total. The number of hydrogen-bond acceptors (Lipinski definition) is 4. The molecular weight excluding hydrogens is 406 g/mol. The first-order valence-corrected chi connectivity index (χ1v) is 10.3. The molecule has 0 radical (unpaired) electrons. The van der Waals surface area contributed by atoms with Crippen LogP contribution in [0, 0.1) is 0 Å². The van der Waals surface area contributed by atoms with Crippen LogP contribution in [-0.4, -0.2) is 57.9 Å². The van der Waals surface area contributed by atoms with Gasteiger partial charge in [-0.3, -0.25) is 4.79 Å². The van der Waals surface area contributed by atoms with Crippen LogP contribution >= 0.6 is 11.6 Å². The summed E-state index contributed by atoms with van der Waals surface area (Å²) in [6.45, 7) is 1.58. The maximum Gasteiger partial charge on any atom is 0.317 e. The van der Waals surface area contributed by atoms with E-state index in [-0.39, 0.29) is 24.4 Å². The summed E-state index contributed by atoms with van der Waals surface area (Å²) in [5.41, 5.74) is 1.88. The molecule has 3 aromatic rings. The van der Waals surface area contributed by atoms with E-state index in [1.807, 2.05) is 24.3 Å². The highest BCUT2D eigenvalue weighted by atomic mass is 35.5. The van der Waals surface area contributed by atoms with E-state index in [1.54, 1.807) is 16.8 Å². The number of hydrogen-bond donors (Lipinski definition) is 2. The highest BCUT2D eigenvalue weighted by Crippen LogP contribution is 2.20. The third kappa shape index (κ3) is 4.59. The first-order valence-electron chi connectivity index (χ1n) is 9.93. The van der Waals surface area contributed by atoms with Gasteiger partial charge in [0.2, 0.25) is 11.8 Å². The summed E-state index contributed by atoms with van der Waals surface area (Å²) in [4.78, 5) is 35.9. The average molecular weight is 430 g/mol. The summed E-state index contributed by atoms with van der Waals surface area (Å²) in [6.07, 6.45) is 4.84. The number of oxazole rings is 1. The van der Waals surface area contributed by atoms with Gasteiger partial charge < -0.3 is 24.5 Å². The van der Waals surface area contributed by atoms with Crippen LogP contribution < -0.4 is 5.32 Å². The Morgan fingerprint density at radius 1 is 1.40 bits per heavy atom. The van der Waals surface area contributed by atoms with Gasteiger partial charge in [-0.25, -0.2) is 9.78 Å². The van der Waals surface area contributed by atoms with Crippen LogP contribution in [0.1, 0.15) is 24.4 Å². The molecule has 9 heteroatoms. The van der Waals surface area contributed by atoms with Crippen LogP contribution in [0.2, 0.25) is 5.02 Å². The highest BCUT2D eigenvalue weighted by molar-refractivity contribution is 6.31. The first kappa shape index (κ1) is 20.3. The zero-order valence-corrected chi connectivity index (χ0v) is 17.5. The van der Waals surface area contributed by atoms with Crippen molar-refractivity contribution < 1.29 is 14.0 Å². The Morgan fingerprint density at radius 3 is 3.07 bits per heavy atom. The summed E-state index contributed by atoms with van der Waals surface area (Å²) < 4.78 is 5.17. The van der Waals surface area contributed by atoms with Crippen LogP contribution in [0.15, 0.2) is 41.1 Å².